The quantitative estimate of drug-likeness (QED) is 0.559. The highest BCUT2D eigenvalue weighted by atomic mass is 14.9. The van der Waals surface area contributed by atoms with Gasteiger partial charge in [-0.15, -0.1) is 6.58 Å². The van der Waals surface area contributed by atoms with Gasteiger partial charge in [0.05, 0.1) is 0 Å². The summed E-state index contributed by atoms with van der Waals surface area (Å²) in [7, 11) is 0. The van der Waals surface area contributed by atoms with Crippen LogP contribution in [-0.2, 0) is 13.0 Å². The van der Waals surface area contributed by atoms with Crippen molar-refractivity contribution in [3.05, 3.63) is 78.5 Å². The molecule has 0 fully saturated rings. The lowest BCUT2D eigenvalue weighted by Crippen LogP contribution is -1.95. The molecule has 2 nitrogen and oxygen atoms in total. The number of aromatic nitrogens is 1. The van der Waals surface area contributed by atoms with Gasteiger partial charge in [0.1, 0.15) is 0 Å². The first-order valence-corrected chi connectivity index (χ1v) is 6.80. The molecule has 1 aromatic heterocycles. The summed E-state index contributed by atoms with van der Waals surface area (Å²) in [6.45, 7) is 4.65. The molecule has 1 heterocycles. The van der Waals surface area contributed by atoms with Crippen LogP contribution in [0.4, 0.5) is 5.69 Å². The molecule has 0 unspecified atom stereocenters. The van der Waals surface area contributed by atoms with Gasteiger partial charge in [0.25, 0.3) is 0 Å². The van der Waals surface area contributed by atoms with Gasteiger partial charge in [0, 0.05) is 35.8 Å². The number of nitrogens with zero attached hydrogens (tertiary/aromatic N) is 1. The molecular formula is C18H18N2. The third-order valence-corrected chi connectivity index (χ3v) is 3.63. The fourth-order valence-corrected chi connectivity index (χ4v) is 2.65. The van der Waals surface area contributed by atoms with Crippen molar-refractivity contribution in [2.75, 3.05) is 5.73 Å². The topological polar surface area (TPSA) is 30.9 Å². The van der Waals surface area contributed by atoms with Crippen LogP contribution in [0.3, 0.4) is 0 Å². The first-order chi connectivity index (χ1) is 9.79. The third-order valence-electron chi connectivity index (χ3n) is 3.63. The molecule has 2 heteroatoms. The summed E-state index contributed by atoms with van der Waals surface area (Å²) in [5.74, 6) is 0. The van der Waals surface area contributed by atoms with Crippen LogP contribution in [0.15, 0.2) is 67.4 Å². The average Bonchev–Trinajstić information content (AvgIpc) is 2.81. The number of rotatable bonds is 4. The van der Waals surface area contributed by atoms with Crippen molar-refractivity contribution in [1.82, 2.24) is 4.57 Å². The van der Waals surface area contributed by atoms with Gasteiger partial charge in [0.15, 0.2) is 0 Å². The molecule has 0 radical (unpaired) electrons. The van der Waals surface area contributed by atoms with E-state index in [-0.39, 0.29) is 0 Å². The van der Waals surface area contributed by atoms with E-state index in [0.717, 1.165) is 18.7 Å². The number of benzene rings is 2. The van der Waals surface area contributed by atoms with Crippen molar-refractivity contribution in [3.63, 3.8) is 0 Å². The van der Waals surface area contributed by atoms with E-state index in [9.17, 15) is 0 Å². The Morgan fingerprint density at radius 3 is 2.55 bits per heavy atom. The van der Waals surface area contributed by atoms with E-state index in [1.165, 1.54) is 22.0 Å². The third kappa shape index (κ3) is 2.21. The van der Waals surface area contributed by atoms with Crippen molar-refractivity contribution < 1.29 is 0 Å². The Hall–Kier alpha value is -2.48. The molecule has 0 aliphatic rings. The van der Waals surface area contributed by atoms with Crippen molar-refractivity contribution in [3.8, 4) is 0 Å². The van der Waals surface area contributed by atoms with Gasteiger partial charge in [-0.25, -0.2) is 0 Å². The van der Waals surface area contributed by atoms with Crippen LogP contribution in [0.5, 0.6) is 0 Å². The fraction of sp³-hybridized carbons (Fsp3) is 0.111. The van der Waals surface area contributed by atoms with Crippen molar-refractivity contribution >= 4 is 16.6 Å². The zero-order valence-electron chi connectivity index (χ0n) is 11.4. The molecule has 0 saturated heterocycles. The van der Waals surface area contributed by atoms with E-state index < -0.39 is 0 Å². The molecule has 3 rings (SSSR count). The number of fused-ring (bicyclic) bond motifs is 1. The van der Waals surface area contributed by atoms with Crippen LogP contribution in [0.2, 0.25) is 0 Å². The summed E-state index contributed by atoms with van der Waals surface area (Å²) in [5, 5.41) is 1.29. The first kappa shape index (κ1) is 12.5. The molecule has 0 spiro atoms. The van der Waals surface area contributed by atoms with Crippen LogP contribution in [0.25, 0.3) is 10.9 Å². The monoisotopic (exact) mass is 262 g/mol. The second-order valence-electron chi connectivity index (χ2n) is 4.99. The molecule has 0 atom stereocenters. The molecule has 2 N–H and O–H groups in total. The molecule has 2 aromatic carbocycles. The molecule has 0 aliphatic heterocycles. The molecule has 100 valence electrons. The normalized spacial score (nSPS) is 10.8. The average molecular weight is 262 g/mol. The molecule has 20 heavy (non-hydrogen) atoms. The highest BCUT2D eigenvalue weighted by Gasteiger charge is 2.09. The number of hydrogen-bond donors (Lipinski definition) is 1. The predicted octanol–water partition coefficient (Wildman–Crippen LogP) is 4.00. The lowest BCUT2D eigenvalue weighted by Gasteiger charge is -2.04. The van der Waals surface area contributed by atoms with Crippen molar-refractivity contribution in [2.45, 2.75) is 13.0 Å². The minimum atomic E-state index is 0.824. The maximum absolute atomic E-state index is 6.05. The Bertz CT molecular complexity index is 753. The van der Waals surface area contributed by atoms with Crippen LogP contribution in [-0.4, -0.2) is 4.57 Å². The van der Waals surface area contributed by atoms with Crippen molar-refractivity contribution in [2.24, 2.45) is 0 Å². The van der Waals surface area contributed by atoms with Gasteiger partial charge >= 0.3 is 0 Å². The molecule has 0 bridgehead atoms. The number of hydrogen-bond acceptors (Lipinski definition) is 1. The highest BCUT2D eigenvalue weighted by molar-refractivity contribution is 5.84. The zero-order valence-corrected chi connectivity index (χ0v) is 11.4. The van der Waals surface area contributed by atoms with Gasteiger partial charge in [0.2, 0.25) is 0 Å². The number of allylic oxidation sites excluding steroid dienone is 1. The lowest BCUT2D eigenvalue weighted by molar-refractivity contribution is 0.859. The Balaban J connectivity index is 2.08. The molecule has 0 saturated carbocycles. The Labute approximate surface area is 119 Å². The summed E-state index contributed by atoms with van der Waals surface area (Å²) < 4.78 is 2.23. The van der Waals surface area contributed by atoms with E-state index in [2.05, 4.69) is 47.7 Å². The van der Waals surface area contributed by atoms with Crippen LogP contribution in [0.1, 0.15) is 11.1 Å². The van der Waals surface area contributed by atoms with Gasteiger partial charge < -0.3 is 10.3 Å². The van der Waals surface area contributed by atoms with Crippen LogP contribution >= 0.6 is 0 Å². The summed E-state index contributed by atoms with van der Waals surface area (Å²) in [6, 6.07) is 16.5. The smallest absolute Gasteiger partial charge is 0.0486 e. The highest BCUT2D eigenvalue weighted by Crippen LogP contribution is 2.25. The largest absolute Gasteiger partial charge is 0.398 e. The standard InChI is InChI=1S/C18H18N2/c1-2-11-20-13-15(16-8-4-6-10-18(16)20)12-14-7-3-5-9-17(14)19/h2-10,13H,1,11-12,19H2. The van der Waals surface area contributed by atoms with E-state index in [1.807, 2.05) is 24.3 Å². The lowest BCUT2D eigenvalue weighted by atomic mass is 10.0. The van der Waals surface area contributed by atoms with E-state index >= 15 is 0 Å². The van der Waals surface area contributed by atoms with E-state index in [0.29, 0.717) is 0 Å². The maximum Gasteiger partial charge on any atom is 0.0486 e. The maximum atomic E-state index is 6.05. The number of nitrogen functional groups attached to an aromatic ring is 1. The molecule has 3 aromatic rings. The SMILES string of the molecule is C=CCn1cc(Cc2ccccc2N)c2ccccc21. The minimum absolute atomic E-state index is 0.824. The van der Waals surface area contributed by atoms with Gasteiger partial charge in [-0.05, 0) is 23.3 Å². The Kier molecular flexibility index (Phi) is 3.30. The summed E-state index contributed by atoms with van der Waals surface area (Å²) >= 11 is 0. The zero-order chi connectivity index (χ0) is 13.9. The first-order valence-electron chi connectivity index (χ1n) is 6.80. The molecular weight excluding hydrogens is 244 g/mol. The predicted molar refractivity (Wildman–Crippen MR) is 85.8 cm³/mol. The second kappa shape index (κ2) is 5.25. The van der Waals surface area contributed by atoms with Gasteiger partial charge in [-0.1, -0.05) is 42.5 Å². The minimum Gasteiger partial charge on any atom is -0.398 e. The van der Waals surface area contributed by atoms with E-state index in [4.69, 9.17) is 5.73 Å². The fourth-order valence-electron chi connectivity index (χ4n) is 2.65. The van der Waals surface area contributed by atoms with Gasteiger partial charge in [-0.2, -0.15) is 0 Å². The molecule has 0 aliphatic carbocycles. The van der Waals surface area contributed by atoms with Crippen LogP contribution < -0.4 is 5.73 Å². The Morgan fingerprint density at radius 1 is 1.00 bits per heavy atom. The number of anilines is 1. The summed E-state index contributed by atoms with van der Waals surface area (Å²) in [5.41, 5.74) is 10.6. The molecule has 0 amide bonds. The van der Waals surface area contributed by atoms with Crippen LogP contribution in [0, 0.1) is 0 Å². The van der Waals surface area contributed by atoms with Gasteiger partial charge in [-0.3, -0.25) is 0 Å². The summed E-state index contributed by atoms with van der Waals surface area (Å²) in [4.78, 5) is 0. The Morgan fingerprint density at radius 2 is 1.75 bits per heavy atom. The van der Waals surface area contributed by atoms with E-state index in [1.54, 1.807) is 0 Å². The number of para-hydroxylation sites is 2. The number of nitrogens with two attached hydrogens (primary N) is 1. The summed E-state index contributed by atoms with van der Waals surface area (Å²) in [6.07, 6.45) is 4.99. The van der Waals surface area contributed by atoms with Crippen molar-refractivity contribution in [1.29, 1.82) is 0 Å². The second-order valence-corrected chi connectivity index (χ2v) is 4.99.